The fourth-order valence-corrected chi connectivity index (χ4v) is 2.26. The highest BCUT2D eigenvalue weighted by Crippen LogP contribution is 2.09. The van der Waals surface area contributed by atoms with Crippen LogP contribution in [0.1, 0.15) is 13.8 Å². The van der Waals surface area contributed by atoms with Gasteiger partial charge in [0.05, 0.1) is 18.9 Å². The Hall–Kier alpha value is -2.13. The third-order valence-corrected chi connectivity index (χ3v) is 3.31. The molecule has 0 radical (unpaired) electrons. The number of tetrazole rings is 1. The van der Waals surface area contributed by atoms with Crippen LogP contribution in [0.15, 0.2) is 24.3 Å². The lowest BCUT2D eigenvalue weighted by atomic mass is 10.3. The molecular formula is C14H19FN6OS. The van der Waals surface area contributed by atoms with Crippen LogP contribution < -0.4 is 5.32 Å². The van der Waals surface area contributed by atoms with E-state index in [-0.39, 0.29) is 24.3 Å². The van der Waals surface area contributed by atoms with Gasteiger partial charge in [-0.05, 0) is 61.7 Å². The zero-order chi connectivity index (χ0) is 17.0. The third kappa shape index (κ3) is 4.67. The Morgan fingerprint density at radius 1 is 1.43 bits per heavy atom. The van der Waals surface area contributed by atoms with Crippen molar-refractivity contribution >= 4 is 18.1 Å². The first-order valence-electron chi connectivity index (χ1n) is 7.13. The lowest BCUT2D eigenvalue weighted by molar-refractivity contribution is -0.122. The summed E-state index contributed by atoms with van der Waals surface area (Å²) in [5.41, 5.74) is 0.501. The second-order valence-electron chi connectivity index (χ2n) is 5.53. The largest absolute Gasteiger partial charge is 0.353 e. The van der Waals surface area contributed by atoms with E-state index in [1.54, 1.807) is 24.1 Å². The molecule has 2 aromatic rings. The maximum atomic E-state index is 13.3. The number of rotatable bonds is 6. The van der Waals surface area contributed by atoms with Gasteiger partial charge in [-0.25, -0.2) is 9.07 Å². The Morgan fingerprint density at radius 3 is 2.83 bits per heavy atom. The van der Waals surface area contributed by atoms with E-state index < -0.39 is 0 Å². The van der Waals surface area contributed by atoms with E-state index in [0.717, 1.165) is 0 Å². The van der Waals surface area contributed by atoms with Crippen molar-refractivity contribution in [2.75, 3.05) is 13.6 Å². The predicted molar refractivity (Wildman–Crippen MR) is 86.0 cm³/mol. The molecule has 2 rings (SSSR count). The van der Waals surface area contributed by atoms with E-state index in [9.17, 15) is 9.18 Å². The molecule has 0 aliphatic carbocycles. The lowest BCUT2D eigenvalue weighted by Crippen LogP contribution is -2.39. The molecule has 0 saturated heterocycles. The van der Waals surface area contributed by atoms with Crippen molar-refractivity contribution in [1.29, 1.82) is 0 Å². The molecule has 23 heavy (non-hydrogen) atoms. The number of carbonyl (C=O) groups excluding carboxylic acids is 1. The fraction of sp³-hybridized carbons (Fsp3) is 0.429. The average Bonchev–Trinajstić information content (AvgIpc) is 2.79. The van der Waals surface area contributed by atoms with Crippen molar-refractivity contribution in [3.63, 3.8) is 0 Å². The molecule has 0 saturated carbocycles. The minimum atomic E-state index is -0.374. The Labute approximate surface area is 138 Å². The molecule has 1 amide bonds. The van der Waals surface area contributed by atoms with Gasteiger partial charge in [-0.2, -0.15) is 4.68 Å². The van der Waals surface area contributed by atoms with Crippen molar-refractivity contribution in [3.8, 4) is 5.69 Å². The zero-order valence-corrected chi connectivity index (χ0v) is 14.0. The van der Waals surface area contributed by atoms with Crippen molar-refractivity contribution < 1.29 is 9.18 Å². The van der Waals surface area contributed by atoms with E-state index in [4.69, 9.17) is 12.2 Å². The summed E-state index contributed by atoms with van der Waals surface area (Å²) in [6.07, 6.45) is 0. The summed E-state index contributed by atoms with van der Waals surface area (Å²) in [4.78, 5) is 13.5. The van der Waals surface area contributed by atoms with Gasteiger partial charge in [-0.1, -0.05) is 6.07 Å². The highest BCUT2D eigenvalue weighted by molar-refractivity contribution is 7.71. The van der Waals surface area contributed by atoms with Crippen LogP contribution in [0.4, 0.5) is 4.39 Å². The number of carbonyl (C=O) groups is 1. The number of amides is 1. The van der Waals surface area contributed by atoms with Crippen LogP contribution in [0, 0.1) is 10.6 Å². The SMILES string of the molecule is CC(C)NC(=O)CN(C)Cn1nnn(-c2cccc(F)c2)c1=S. The molecule has 124 valence electrons. The molecular weight excluding hydrogens is 319 g/mol. The maximum absolute atomic E-state index is 13.3. The number of hydrogen-bond acceptors (Lipinski definition) is 5. The van der Waals surface area contributed by atoms with Crippen LogP contribution in [-0.2, 0) is 11.5 Å². The molecule has 0 unspecified atom stereocenters. The highest BCUT2D eigenvalue weighted by atomic mass is 32.1. The van der Waals surface area contributed by atoms with Crippen LogP contribution in [0.25, 0.3) is 5.69 Å². The highest BCUT2D eigenvalue weighted by Gasteiger charge is 2.11. The predicted octanol–water partition coefficient (Wildman–Crippen LogP) is 1.35. The van der Waals surface area contributed by atoms with E-state index in [2.05, 4.69) is 15.7 Å². The summed E-state index contributed by atoms with van der Waals surface area (Å²) >= 11 is 5.30. The number of nitrogens with zero attached hydrogens (tertiary/aromatic N) is 5. The van der Waals surface area contributed by atoms with Gasteiger partial charge in [0, 0.05) is 6.04 Å². The minimum absolute atomic E-state index is 0.0773. The van der Waals surface area contributed by atoms with Crippen molar-refractivity contribution in [2.45, 2.75) is 26.6 Å². The van der Waals surface area contributed by atoms with Gasteiger partial charge in [-0.3, -0.25) is 9.69 Å². The molecule has 0 fully saturated rings. The van der Waals surface area contributed by atoms with Crippen LogP contribution >= 0.6 is 12.2 Å². The van der Waals surface area contributed by atoms with Crippen LogP contribution in [0.3, 0.4) is 0 Å². The molecule has 0 bridgehead atoms. The van der Waals surface area contributed by atoms with E-state index >= 15 is 0 Å². The zero-order valence-electron chi connectivity index (χ0n) is 13.2. The van der Waals surface area contributed by atoms with Gasteiger partial charge in [0.25, 0.3) is 0 Å². The second-order valence-corrected chi connectivity index (χ2v) is 5.90. The minimum Gasteiger partial charge on any atom is -0.353 e. The Bertz CT molecular complexity index is 741. The third-order valence-electron chi connectivity index (χ3n) is 2.93. The van der Waals surface area contributed by atoms with Gasteiger partial charge in [0.2, 0.25) is 10.7 Å². The molecule has 0 spiro atoms. The summed E-state index contributed by atoms with van der Waals surface area (Å²) in [6, 6.07) is 6.03. The van der Waals surface area contributed by atoms with Crippen LogP contribution in [-0.4, -0.2) is 50.2 Å². The molecule has 0 atom stereocenters. The lowest BCUT2D eigenvalue weighted by Gasteiger charge is -2.16. The number of hydrogen-bond donors (Lipinski definition) is 1. The average molecular weight is 338 g/mol. The van der Waals surface area contributed by atoms with Gasteiger partial charge >= 0.3 is 0 Å². The number of aromatic nitrogens is 4. The molecule has 9 heteroatoms. The summed E-state index contributed by atoms with van der Waals surface area (Å²) in [5.74, 6) is -0.451. The van der Waals surface area contributed by atoms with Gasteiger partial charge in [0.15, 0.2) is 0 Å². The van der Waals surface area contributed by atoms with E-state index in [1.807, 2.05) is 13.8 Å². The van der Waals surface area contributed by atoms with Gasteiger partial charge < -0.3 is 5.32 Å². The molecule has 7 nitrogen and oxygen atoms in total. The first-order valence-corrected chi connectivity index (χ1v) is 7.54. The Kier molecular flexibility index (Phi) is 5.56. The second kappa shape index (κ2) is 7.42. The van der Waals surface area contributed by atoms with Crippen LogP contribution in [0.2, 0.25) is 0 Å². The number of likely N-dealkylation sites (N-methyl/N-ethyl adjacent to an activating group) is 1. The van der Waals surface area contributed by atoms with Gasteiger partial charge in [0.1, 0.15) is 5.82 Å². The summed E-state index contributed by atoms with van der Waals surface area (Å²) in [6.45, 7) is 4.32. The van der Waals surface area contributed by atoms with Crippen LogP contribution in [0.5, 0.6) is 0 Å². The fourth-order valence-electron chi connectivity index (χ4n) is 2.02. The molecule has 1 aromatic heterocycles. The van der Waals surface area contributed by atoms with Crippen molar-refractivity contribution in [3.05, 3.63) is 34.9 Å². The van der Waals surface area contributed by atoms with Gasteiger partial charge in [-0.15, -0.1) is 0 Å². The maximum Gasteiger partial charge on any atom is 0.234 e. The summed E-state index contributed by atoms with van der Waals surface area (Å²) < 4.78 is 16.5. The summed E-state index contributed by atoms with van der Waals surface area (Å²) in [5, 5.41) is 10.7. The van der Waals surface area contributed by atoms with Crippen molar-refractivity contribution in [1.82, 2.24) is 30.0 Å². The topological polar surface area (TPSA) is 68.0 Å². The number of nitrogens with one attached hydrogen (secondary N) is 1. The quantitative estimate of drug-likeness (QED) is 0.806. The molecule has 1 heterocycles. The smallest absolute Gasteiger partial charge is 0.234 e. The Balaban J connectivity index is 2.08. The monoisotopic (exact) mass is 338 g/mol. The van der Waals surface area contributed by atoms with E-state index in [0.29, 0.717) is 17.1 Å². The molecule has 0 aliphatic rings. The molecule has 1 aromatic carbocycles. The number of benzene rings is 1. The van der Waals surface area contributed by atoms with E-state index in [1.165, 1.54) is 21.5 Å². The standard InChI is InChI=1S/C14H19FN6OS/c1-10(2)16-13(22)8-19(3)9-20-14(23)21(18-17-20)12-6-4-5-11(15)7-12/h4-7,10H,8-9H2,1-3H3,(H,16,22). The molecule has 0 aliphatic heterocycles. The first-order chi connectivity index (χ1) is 10.9. The summed E-state index contributed by atoms with van der Waals surface area (Å²) in [7, 11) is 1.78. The molecule has 1 N–H and O–H groups in total. The van der Waals surface area contributed by atoms with Crippen molar-refractivity contribution in [2.24, 2.45) is 0 Å². The normalized spacial score (nSPS) is 11.2. The number of halogens is 1. The Morgan fingerprint density at radius 2 is 2.17 bits per heavy atom. The first kappa shape index (κ1) is 17.2.